The molecule has 202 valence electrons. The summed E-state index contributed by atoms with van der Waals surface area (Å²) in [6.07, 6.45) is 1.46. The number of rotatable bonds is 10. The van der Waals surface area contributed by atoms with Crippen molar-refractivity contribution in [1.29, 1.82) is 0 Å². The first kappa shape index (κ1) is 27.6. The zero-order valence-corrected chi connectivity index (χ0v) is 22.0. The number of amides is 3. The molecule has 0 saturated carbocycles. The molecule has 1 saturated heterocycles. The summed E-state index contributed by atoms with van der Waals surface area (Å²) in [4.78, 5) is 55.1. The maximum absolute atomic E-state index is 13.4. The molecule has 3 aromatic rings. The number of esters is 1. The van der Waals surface area contributed by atoms with Crippen molar-refractivity contribution in [2.45, 2.75) is 38.0 Å². The Bertz CT molecular complexity index is 1270. The van der Waals surface area contributed by atoms with Gasteiger partial charge in [-0.2, -0.15) is 0 Å². The second-order valence-electron chi connectivity index (χ2n) is 9.63. The Balaban J connectivity index is 1.39. The third-order valence-corrected chi connectivity index (χ3v) is 6.73. The molecule has 0 radical (unpaired) electrons. The van der Waals surface area contributed by atoms with Crippen LogP contribution in [0.3, 0.4) is 0 Å². The molecule has 2 atom stereocenters. The van der Waals surface area contributed by atoms with E-state index < -0.39 is 24.1 Å². The van der Waals surface area contributed by atoms with Gasteiger partial charge in [-0.3, -0.25) is 9.59 Å². The monoisotopic (exact) mass is 527 g/mol. The summed E-state index contributed by atoms with van der Waals surface area (Å²) < 4.78 is 5.48. The second kappa shape index (κ2) is 13.4. The number of ketones is 1. The standard InChI is InChI=1S/C31H33N3O5/c1-33(31(38)34-19-11-18-27(34)30(37)39-22-24-14-7-3-8-15-24)21-28(35)26(20-23-12-5-2-6-13-23)32-29(36)25-16-9-4-10-17-25/h2-10,12-17,26-27H,11,18-22H2,1H3,(H,32,36)/t26?,27-/m0/s1. The van der Waals surface area contributed by atoms with Crippen LogP contribution in [0.5, 0.6) is 0 Å². The first-order chi connectivity index (χ1) is 18.9. The summed E-state index contributed by atoms with van der Waals surface area (Å²) in [5, 5.41) is 2.84. The molecule has 1 aliphatic heterocycles. The fraction of sp³-hybridized carbons (Fsp3) is 0.290. The molecule has 0 aromatic heterocycles. The van der Waals surface area contributed by atoms with E-state index in [1.165, 1.54) is 16.8 Å². The van der Waals surface area contributed by atoms with E-state index in [0.717, 1.165) is 11.1 Å². The summed E-state index contributed by atoms with van der Waals surface area (Å²) in [5.74, 6) is -1.12. The van der Waals surface area contributed by atoms with Crippen molar-refractivity contribution >= 4 is 23.7 Å². The molecule has 1 heterocycles. The van der Waals surface area contributed by atoms with Gasteiger partial charge in [0.25, 0.3) is 5.91 Å². The molecule has 3 aromatic carbocycles. The van der Waals surface area contributed by atoms with E-state index in [0.29, 0.717) is 31.4 Å². The van der Waals surface area contributed by atoms with E-state index >= 15 is 0 Å². The van der Waals surface area contributed by atoms with Crippen molar-refractivity contribution in [3.8, 4) is 0 Å². The first-order valence-electron chi connectivity index (χ1n) is 13.1. The van der Waals surface area contributed by atoms with Gasteiger partial charge in [-0.05, 0) is 42.5 Å². The normalized spacial score (nSPS) is 15.3. The average Bonchev–Trinajstić information content (AvgIpc) is 3.47. The van der Waals surface area contributed by atoms with Gasteiger partial charge in [0.05, 0.1) is 12.6 Å². The van der Waals surface area contributed by atoms with E-state index in [9.17, 15) is 19.2 Å². The Hall–Kier alpha value is -4.46. The number of nitrogens with zero attached hydrogens (tertiary/aromatic N) is 2. The number of hydrogen-bond acceptors (Lipinski definition) is 5. The van der Waals surface area contributed by atoms with Gasteiger partial charge in [-0.15, -0.1) is 0 Å². The quantitative estimate of drug-likeness (QED) is 0.404. The lowest BCUT2D eigenvalue weighted by atomic mass is 10.0. The smallest absolute Gasteiger partial charge is 0.329 e. The van der Waals surface area contributed by atoms with Crippen molar-refractivity contribution in [3.63, 3.8) is 0 Å². The molecule has 1 unspecified atom stereocenters. The Morgan fingerprint density at radius 1 is 0.897 bits per heavy atom. The molecule has 1 fully saturated rings. The summed E-state index contributed by atoms with van der Waals surface area (Å²) in [6.45, 7) is 0.323. The molecule has 0 spiro atoms. The summed E-state index contributed by atoms with van der Waals surface area (Å²) in [7, 11) is 1.53. The highest BCUT2D eigenvalue weighted by molar-refractivity contribution is 5.99. The zero-order valence-electron chi connectivity index (χ0n) is 22.0. The Morgan fingerprint density at radius 3 is 2.13 bits per heavy atom. The Kier molecular flexibility index (Phi) is 9.45. The van der Waals surface area contributed by atoms with Crippen LogP contribution in [0.25, 0.3) is 0 Å². The van der Waals surface area contributed by atoms with Crippen LogP contribution in [0.4, 0.5) is 4.79 Å². The molecular weight excluding hydrogens is 494 g/mol. The SMILES string of the molecule is CN(CC(=O)C(Cc1ccccc1)NC(=O)c1ccccc1)C(=O)N1CCC[C@H]1C(=O)OCc1ccccc1. The lowest BCUT2D eigenvalue weighted by Gasteiger charge is -2.29. The van der Waals surface area contributed by atoms with Crippen molar-refractivity contribution < 1.29 is 23.9 Å². The largest absolute Gasteiger partial charge is 0.459 e. The van der Waals surface area contributed by atoms with Gasteiger partial charge in [0.15, 0.2) is 5.78 Å². The number of nitrogens with one attached hydrogen (secondary N) is 1. The number of hydrogen-bond donors (Lipinski definition) is 1. The molecule has 4 rings (SSSR count). The Morgan fingerprint density at radius 2 is 1.49 bits per heavy atom. The van der Waals surface area contributed by atoms with Gasteiger partial charge in [-0.1, -0.05) is 78.9 Å². The van der Waals surface area contributed by atoms with Gasteiger partial charge in [-0.25, -0.2) is 9.59 Å². The minimum Gasteiger partial charge on any atom is -0.459 e. The predicted octanol–water partition coefficient (Wildman–Crippen LogP) is 3.86. The predicted molar refractivity (Wildman–Crippen MR) is 147 cm³/mol. The minimum absolute atomic E-state index is 0.134. The van der Waals surface area contributed by atoms with E-state index in [4.69, 9.17) is 4.74 Å². The number of likely N-dealkylation sites (N-methyl/N-ethyl adjacent to an activating group) is 1. The van der Waals surface area contributed by atoms with Crippen LogP contribution in [0, 0.1) is 0 Å². The first-order valence-corrected chi connectivity index (χ1v) is 13.1. The Labute approximate surface area is 228 Å². The van der Waals surface area contributed by atoms with Crippen LogP contribution in [-0.2, 0) is 27.4 Å². The fourth-order valence-electron chi connectivity index (χ4n) is 4.62. The number of urea groups is 1. The average molecular weight is 528 g/mol. The van der Waals surface area contributed by atoms with E-state index in [2.05, 4.69) is 5.32 Å². The van der Waals surface area contributed by atoms with Crippen LogP contribution >= 0.6 is 0 Å². The van der Waals surface area contributed by atoms with Gasteiger partial charge >= 0.3 is 12.0 Å². The third-order valence-electron chi connectivity index (χ3n) is 6.73. The van der Waals surface area contributed by atoms with Crippen molar-refractivity contribution in [2.24, 2.45) is 0 Å². The van der Waals surface area contributed by atoms with Gasteiger partial charge < -0.3 is 19.9 Å². The molecule has 0 bridgehead atoms. The highest BCUT2D eigenvalue weighted by atomic mass is 16.5. The maximum atomic E-state index is 13.4. The van der Waals surface area contributed by atoms with Gasteiger partial charge in [0.1, 0.15) is 12.6 Å². The van der Waals surface area contributed by atoms with Gasteiger partial charge in [0, 0.05) is 19.2 Å². The minimum atomic E-state index is -0.833. The molecule has 1 N–H and O–H groups in total. The summed E-state index contributed by atoms with van der Waals surface area (Å²) >= 11 is 0. The fourth-order valence-corrected chi connectivity index (χ4v) is 4.62. The molecule has 39 heavy (non-hydrogen) atoms. The topological polar surface area (TPSA) is 96.0 Å². The number of carbonyl (C=O) groups is 4. The van der Waals surface area contributed by atoms with E-state index in [1.54, 1.807) is 24.3 Å². The lowest BCUT2D eigenvalue weighted by molar-refractivity contribution is -0.149. The van der Waals surface area contributed by atoms with Crippen LogP contribution in [0.15, 0.2) is 91.0 Å². The number of ether oxygens (including phenoxy) is 1. The number of benzene rings is 3. The van der Waals surface area contributed by atoms with Crippen LogP contribution < -0.4 is 5.32 Å². The third kappa shape index (κ3) is 7.54. The van der Waals surface area contributed by atoms with Crippen LogP contribution in [0.1, 0.15) is 34.3 Å². The zero-order chi connectivity index (χ0) is 27.6. The number of Topliss-reactive ketones (excluding diaryl/α,β-unsaturated/α-hetero) is 1. The van der Waals surface area contributed by atoms with Crippen molar-refractivity contribution in [3.05, 3.63) is 108 Å². The van der Waals surface area contributed by atoms with E-state index in [-0.39, 0.29) is 24.8 Å². The molecule has 0 aliphatic carbocycles. The molecule has 8 heteroatoms. The maximum Gasteiger partial charge on any atom is 0.329 e. The van der Waals surface area contributed by atoms with E-state index in [1.807, 2.05) is 66.7 Å². The number of likely N-dealkylation sites (tertiary alicyclic amines) is 1. The molecule has 1 aliphatic rings. The van der Waals surface area contributed by atoms with Gasteiger partial charge in [0.2, 0.25) is 0 Å². The summed E-state index contributed by atoms with van der Waals surface area (Å²) in [5.41, 5.74) is 2.20. The molecular formula is C31H33N3O5. The molecule has 3 amide bonds. The lowest BCUT2D eigenvalue weighted by Crippen LogP contribution is -2.51. The van der Waals surface area contributed by atoms with Crippen LogP contribution in [0.2, 0.25) is 0 Å². The highest BCUT2D eigenvalue weighted by Crippen LogP contribution is 2.21. The highest BCUT2D eigenvalue weighted by Gasteiger charge is 2.37. The van der Waals surface area contributed by atoms with Crippen molar-refractivity contribution in [2.75, 3.05) is 20.1 Å². The number of carbonyl (C=O) groups excluding carboxylic acids is 4. The van der Waals surface area contributed by atoms with Crippen LogP contribution in [-0.4, -0.2) is 65.7 Å². The van der Waals surface area contributed by atoms with Crippen molar-refractivity contribution in [1.82, 2.24) is 15.1 Å². The molecule has 8 nitrogen and oxygen atoms in total. The second-order valence-corrected chi connectivity index (χ2v) is 9.63. The summed E-state index contributed by atoms with van der Waals surface area (Å²) in [6, 6.07) is 25.5.